The summed E-state index contributed by atoms with van der Waals surface area (Å²) in [6.07, 6.45) is 0.904. The summed E-state index contributed by atoms with van der Waals surface area (Å²) in [4.78, 5) is 14.3. The van der Waals surface area contributed by atoms with Gasteiger partial charge in [-0.15, -0.1) is 0 Å². The second kappa shape index (κ2) is 6.17. The lowest BCUT2D eigenvalue weighted by Gasteiger charge is -2.24. The maximum atomic E-state index is 13.5. The molecule has 0 N–H and O–H groups in total. The highest BCUT2D eigenvalue weighted by atomic mass is 32.2. The molecule has 0 saturated carbocycles. The van der Waals surface area contributed by atoms with Gasteiger partial charge in [0.05, 0.1) is 4.90 Å². The number of benzene rings is 2. The van der Waals surface area contributed by atoms with Crippen LogP contribution >= 0.6 is 0 Å². The van der Waals surface area contributed by atoms with E-state index in [-0.39, 0.29) is 17.2 Å². The first-order valence-corrected chi connectivity index (χ1v) is 9.95. The van der Waals surface area contributed by atoms with Crippen LogP contribution in [0.4, 0.5) is 10.1 Å². The molecule has 1 spiro atoms. The highest BCUT2D eigenvalue weighted by molar-refractivity contribution is 7.89. The van der Waals surface area contributed by atoms with Crippen molar-refractivity contribution in [1.29, 1.82) is 0 Å². The first-order valence-electron chi connectivity index (χ1n) is 8.51. The normalized spacial score (nSPS) is 23.9. The van der Waals surface area contributed by atoms with E-state index < -0.39 is 21.3 Å². The molecular formula is C19H19FN2O3S. The number of halogens is 1. The van der Waals surface area contributed by atoms with Crippen molar-refractivity contribution in [2.75, 3.05) is 24.5 Å². The van der Waals surface area contributed by atoms with Crippen LogP contribution in [0.15, 0.2) is 59.5 Å². The fraction of sp³-hybridized carbons (Fsp3) is 0.316. The maximum absolute atomic E-state index is 13.5. The first-order chi connectivity index (χ1) is 12.4. The Kier molecular flexibility index (Phi) is 4.08. The predicted molar refractivity (Wildman–Crippen MR) is 95.6 cm³/mol. The van der Waals surface area contributed by atoms with E-state index in [0.29, 0.717) is 31.7 Å². The Morgan fingerprint density at radius 1 is 1.00 bits per heavy atom. The summed E-state index contributed by atoms with van der Waals surface area (Å²) in [7, 11) is -3.56. The molecule has 2 aliphatic heterocycles. The van der Waals surface area contributed by atoms with E-state index in [1.807, 2.05) is 0 Å². The van der Waals surface area contributed by atoms with E-state index in [1.54, 1.807) is 47.4 Å². The van der Waals surface area contributed by atoms with Crippen molar-refractivity contribution < 1.29 is 17.6 Å². The van der Waals surface area contributed by atoms with Gasteiger partial charge >= 0.3 is 0 Å². The number of hydrogen-bond acceptors (Lipinski definition) is 3. The fourth-order valence-corrected chi connectivity index (χ4v) is 5.46. The Labute approximate surface area is 152 Å². The monoisotopic (exact) mass is 374 g/mol. The molecule has 0 aliphatic carbocycles. The Morgan fingerprint density at radius 3 is 2.50 bits per heavy atom. The topological polar surface area (TPSA) is 57.7 Å². The first kappa shape index (κ1) is 17.2. The molecule has 136 valence electrons. The Morgan fingerprint density at radius 2 is 1.77 bits per heavy atom. The van der Waals surface area contributed by atoms with Crippen molar-refractivity contribution in [2.24, 2.45) is 5.41 Å². The Balaban J connectivity index is 1.56. The van der Waals surface area contributed by atoms with Crippen LogP contribution in [0.3, 0.4) is 0 Å². The number of amides is 1. The molecule has 5 nitrogen and oxygen atoms in total. The third kappa shape index (κ3) is 2.91. The predicted octanol–water partition coefficient (Wildman–Crippen LogP) is 2.64. The summed E-state index contributed by atoms with van der Waals surface area (Å²) < 4.78 is 40.6. The van der Waals surface area contributed by atoms with E-state index in [4.69, 9.17) is 0 Å². The molecule has 2 aliphatic rings. The van der Waals surface area contributed by atoms with Gasteiger partial charge in [0.15, 0.2) is 0 Å². The van der Waals surface area contributed by atoms with Gasteiger partial charge in [0, 0.05) is 37.2 Å². The molecule has 0 radical (unpaired) electrons. The van der Waals surface area contributed by atoms with Gasteiger partial charge in [0.2, 0.25) is 15.9 Å². The molecule has 2 fully saturated rings. The van der Waals surface area contributed by atoms with Gasteiger partial charge in [-0.2, -0.15) is 4.31 Å². The number of anilines is 1. The lowest BCUT2D eigenvalue weighted by Crippen LogP contribution is -2.34. The smallest absolute Gasteiger partial charge is 0.243 e. The molecule has 1 amide bonds. The van der Waals surface area contributed by atoms with Gasteiger partial charge in [-0.1, -0.05) is 24.3 Å². The molecule has 2 aromatic carbocycles. The highest BCUT2D eigenvalue weighted by Crippen LogP contribution is 2.43. The third-order valence-corrected chi connectivity index (χ3v) is 7.08. The second-order valence-corrected chi connectivity index (χ2v) is 8.98. The Hall–Kier alpha value is -2.25. The number of sulfonamides is 1. The quantitative estimate of drug-likeness (QED) is 0.830. The van der Waals surface area contributed by atoms with Crippen LogP contribution in [0.1, 0.15) is 12.8 Å². The highest BCUT2D eigenvalue weighted by Gasteiger charge is 2.50. The minimum Gasteiger partial charge on any atom is -0.312 e. The number of carbonyl (C=O) groups is 1. The summed E-state index contributed by atoms with van der Waals surface area (Å²) in [6, 6.07) is 14.3. The molecule has 0 aromatic heterocycles. The molecule has 0 bridgehead atoms. The van der Waals surface area contributed by atoms with Crippen molar-refractivity contribution >= 4 is 21.6 Å². The van der Waals surface area contributed by atoms with Crippen LogP contribution in [0.5, 0.6) is 0 Å². The van der Waals surface area contributed by atoms with Crippen LogP contribution in [0, 0.1) is 11.2 Å². The van der Waals surface area contributed by atoms with Gasteiger partial charge in [0.1, 0.15) is 5.82 Å². The summed E-state index contributed by atoms with van der Waals surface area (Å²) >= 11 is 0. The van der Waals surface area contributed by atoms with Crippen LogP contribution in [-0.2, 0) is 14.8 Å². The zero-order valence-electron chi connectivity index (χ0n) is 14.1. The summed E-state index contributed by atoms with van der Waals surface area (Å²) in [5, 5.41) is 0. The minimum absolute atomic E-state index is 0.0884. The lowest BCUT2D eigenvalue weighted by atomic mass is 9.86. The van der Waals surface area contributed by atoms with Gasteiger partial charge in [0.25, 0.3) is 0 Å². The molecule has 2 heterocycles. The van der Waals surface area contributed by atoms with Gasteiger partial charge in [-0.05, 0) is 36.8 Å². The van der Waals surface area contributed by atoms with Crippen molar-refractivity contribution in [2.45, 2.75) is 17.7 Å². The van der Waals surface area contributed by atoms with E-state index in [0.717, 1.165) is 0 Å². The molecule has 7 heteroatoms. The van der Waals surface area contributed by atoms with Crippen molar-refractivity contribution in [3.8, 4) is 0 Å². The van der Waals surface area contributed by atoms with Crippen LogP contribution < -0.4 is 4.90 Å². The molecular weight excluding hydrogens is 355 g/mol. The third-order valence-electron chi connectivity index (χ3n) is 5.22. The molecule has 2 aromatic rings. The summed E-state index contributed by atoms with van der Waals surface area (Å²) in [5.74, 6) is -0.481. The van der Waals surface area contributed by atoms with E-state index in [2.05, 4.69) is 0 Å². The van der Waals surface area contributed by atoms with Crippen LogP contribution in [0.25, 0.3) is 0 Å². The maximum Gasteiger partial charge on any atom is 0.243 e. The minimum atomic E-state index is -3.56. The standard InChI is InChI=1S/C19H19FN2O3S/c20-15-5-4-6-16(11-15)22-14-19(12-18(22)23)9-10-21(13-19)26(24,25)17-7-2-1-3-8-17/h1-8,11H,9-10,12-14H2/t19-/m0/s1. The van der Waals surface area contributed by atoms with Gasteiger partial charge < -0.3 is 4.90 Å². The molecule has 4 rings (SSSR count). The SMILES string of the molecule is O=C1C[C@]2(CCN(S(=O)(=O)c3ccccc3)C2)CN1c1cccc(F)c1. The second-order valence-electron chi connectivity index (χ2n) is 7.04. The van der Waals surface area contributed by atoms with Gasteiger partial charge in [-0.25, -0.2) is 12.8 Å². The average Bonchev–Trinajstić information content (AvgIpc) is 3.19. The number of hydrogen-bond donors (Lipinski definition) is 0. The zero-order chi connectivity index (χ0) is 18.4. The zero-order valence-corrected chi connectivity index (χ0v) is 15.0. The van der Waals surface area contributed by atoms with Crippen LogP contribution in [-0.4, -0.2) is 38.3 Å². The summed E-state index contributed by atoms with van der Waals surface area (Å²) in [5.41, 5.74) is 0.113. The van der Waals surface area contributed by atoms with Crippen molar-refractivity contribution in [3.63, 3.8) is 0 Å². The Bertz CT molecular complexity index is 948. The molecule has 26 heavy (non-hydrogen) atoms. The molecule has 0 unspecified atom stereocenters. The van der Waals surface area contributed by atoms with E-state index >= 15 is 0 Å². The number of nitrogens with zero attached hydrogens (tertiary/aromatic N) is 2. The summed E-state index contributed by atoms with van der Waals surface area (Å²) in [6.45, 7) is 1.11. The van der Waals surface area contributed by atoms with E-state index in [1.165, 1.54) is 16.4 Å². The van der Waals surface area contributed by atoms with Crippen LogP contribution in [0.2, 0.25) is 0 Å². The van der Waals surface area contributed by atoms with Crippen molar-refractivity contribution in [1.82, 2.24) is 4.31 Å². The number of rotatable bonds is 3. The fourth-order valence-electron chi connectivity index (χ4n) is 3.89. The van der Waals surface area contributed by atoms with E-state index in [9.17, 15) is 17.6 Å². The number of carbonyl (C=O) groups excluding carboxylic acids is 1. The molecule has 2 saturated heterocycles. The largest absolute Gasteiger partial charge is 0.312 e. The lowest BCUT2D eigenvalue weighted by molar-refractivity contribution is -0.117. The van der Waals surface area contributed by atoms with Crippen molar-refractivity contribution in [3.05, 3.63) is 60.4 Å². The molecule has 1 atom stereocenters. The van der Waals surface area contributed by atoms with Gasteiger partial charge in [-0.3, -0.25) is 4.79 Å². The average molecular weight is 374 g/mol.